The van der Waals surface area contributed by atoms with Crippen LogP contribution in [0.25, 0.3) is 0 Å². The Morgan fingerprint density at radius 2 is 1.13 bits per heavy atom. The maximum Gasteiger partial charge on any atom is 0.266 e. The van der Waals surface area contributed by atoms with Crippen molar-refractivity contribution < 1.29 is 71.3 Å². The van der Waals surface area contributed by atoms with E-state index >= 15 is 0 Å². The van der Waals surface area contributed by atoms with E-state index in [2.05, 4.69) is 10.6 Å². The van der Waals surface area contributed by atoms with E-state index in [1.807, 2.05) is 0 Å². The largest absolute Gasteiger partial charge is 0.483 e. The standard InChI is InChI=1S/C35H54N4O15/c36-6-8-45-10-12-47-14-16-49-18-20-51-22-24-53-25-23-52-21-19-50-17-15-48-13-11-46-9-7-37-31(41)26-54-29-3-1-2-27-32(29)35(44)39(34(27)43)28-4-5-30(40)38-33(28)42/h1-3,28H,4-26,36H2,(H,37,41)(H,38,40,42). The average Bonchev–Trinajstić information content (AvgIpc) is 3.42. The van der Waals surface area contributed by atoms with Crippen LogP contribution in [0.3, 0.4) is 0 Å². The number of amides is 5. The first kappa shape index (κ1) is 44.8. The van der Waals surface area contributed by atoms with Crippen molar-refractivity contribution >= 4 is 29.5 Å². The number of ether oxygens (including phenoxy) is 10. The Balaban J connectivity index is 1.05. The normalized spacial score (nSPS) is 15.5. The van der Waals surface area contributed by atoms with Gasteiger partial charge in [-0.1, -0.05) is 6.07 Å². The summed E-state index contributed by atoms with van der Waals surface area (Å²) < 4.78 is 54.3. The van der Waals surface area contributed by atoms with Gasteiger partial charge in [0.1, 0.15) is 11.8 Å². The summed E-state index contributed by atoms with van der Waals surface area (Å²) in [6, 6.07) is 3.33. The van der Waals surface area contributed by atoms with Crippen LogP contribution in [0.4, 0.5) is 0 Å². The molecule has 1 fully saturated rings. The minimum absolute atomic E-state index is 0.0112. The molecule has 2 aliphatic heterocycles. The molecular formula is C35H54N4O15. The van der Waals surface area contributed by atoms with Gasteiger partial charge >= 0.3 is 0 Å². The third kappa shape index (κ3) is 17.2. The first-order valence-electron chi connectivity index (χ1n) is 18.1. The zero-order valence-corrected chi connectivity index (χ0v) is 30.7. The summed E-state index contributed by atoms with van der Waals surface area (Å²) in [7, 11) is 0. The van der Waals surface area contributed by atoms with Crippen LogP contribution in [0.1, 0.15) is 33.6 Å². The molecule has 1 aromatic carbocycles. The average molecular weight is 771 g/mol. The van der Waals surface area contributed by atoms with E-state index in [9.17, 15) is 24.0 Å². The zero-order chi connectivity index (χ0) is 38.6. The molecule has 2 aliphatic rings. The van der Waals surface area contributed by atoms with Crippen molar-refractivity contribution in [3.8, 4) is 5.75 Å². The number of fused-ring (bicyclic) bond motifs is 1. The van der Waals surface area contributed by atoms with Gasteiger partial charge in [0, 0.05) is 19.5 Å². The van der Waals surface area contributed by atoms with Crippen LogP contribution < -0.4 is 21.1 Å². The second-order valence-electron chi connectivity index (χ2n) is 11.6. The highest BCUT2D eigenvalue weighted by atomic mass is 16.6. The number of carbonyl (C=O) groups is 5. The van der Waals surface area contributed by atoms with Gasteiger partial charge in [-0.15, -0.1) is 0 Å². The lowest BCUT2D eigenvalue weighted by molar-refractivity contribution is -0.136. The molecular weight excluding hydrogens is 716 g/mol. The first-order valence-corrected chi connectivity index (χ1v) is 18.1. The lowest BCUT2D eigenvalue weighted by atomic mass is 10.0. The molecule has 2 heterocycles. The molecule has 19 heteroatoms. The third-order valence-electron chi connectivity index (χ3n) is 7.60. The number of hydrogen-bond acceptors (Lipinski definition) is 16. The molecule has 0 aliphatic carbocycles. The number of rotatable bonds is 33. The lowest BCUT2D eigenvalue weighted by Gasteiger charge is -2.27. The second kappa shape index (κ2) is 27.9. The molecule has 19 nitrogen and oxygen atoms in total. The van der Waals surface area contributed by atoms with Crippen molar-refractivity contribution in [1.82, 2.24) is 15.5 Å². The van der Waals surface area contributed by atoms with E-state index in [0.717, 1.165) is 4.90 Å². The summed E-state index contributed by atoms with van der Waals surface area (Å²) in [5.41, 5.74) is 5.36. The van der Waals surface area contributed by atoms with E-state index in [-0.39, 0.29) is 42.9 Å². The number of benzene rings is 1. The van der Waals surface area contributed by atoms with Crippen LogP contribution in [0, 0.1) is 0 Å². The third-order valence-corrected chi connectivity index (χ3v) is 7.60. The second-order valence-corrected chi connectivity index (χ2v) is 11.6. The van der Waals surface area contributed by atoms with E-state index in [4.69, 9.17) is 53.1 Å². The smallest absolute Gasteiger partial charge is 0.266 e. The maximum absolute atomic E-state index is 13.1. The summed E-state index contributed by atoms with van der Waals surface area (Å²) in [6.07, 6.45) is 0.0475. The van der Waals surface area contributed by atoms with Crippen molar-refractivity contribution in [2.75, 3.05) is 139 Å². The number of hydrogen-bond donors (Lipinski definition) is 3. The van der Waals surface area contributed by atoms with Crippen molar-refractivity contribution in [2.45, 2.75) is 18.9 Å². The highest BCUT2D eigenvalue weighted by Gasteiger charge is 2.46. The molecule has 3 rings (SSSR count). The van der Waals surface area contributed by atoms with E-state index in [1.165, 1.54) is 18.2 Å². The Hall–Kier alpha value is -3.63. The molecule has 1 unspecified atom stereocenters. The predicted molar refractivity (Wildman–Crippen MR) is 188 cm³/mol. The summed E-state index contributed by atoms with van der Waals surface area (Å²) >= 11 is 0. The number of nitrogens with two attached hydrogens (primary N) is 1. The van der Waals surface area contributed by atoms with Gasteiger partial charge in [0.2, 0.25) is 11.8 Å². The molecule has 0 saturated carbocycles. The summed E-state index contributed by atoms with van der Waals surface area (Å²) in [5.74, 6) is -2.96. The summed E-state index contributed by atoms with van der Waals surface area (Å²) in [5, 5.41) is 4.80. The van der Waals surface area contributed by atoms with E-state index < -0.39 is 42.2 Å². The number of nitrogens with zero attached hydrogens (tertiary/aromatic N) is 1. The molecule has 1 aromatic rings. The fourth-order valence-electron chi connectivity index (χ4n) is 5.01. The van der Waals surface area contributed by atoms with Crippen LogP contribution in [0.2, 0.25) is 0 Å². The zero-order valence-electron chi connectivity index (χ0n) is 30.7. The van der Waals surface area contributed by atoms with Gasteiger partial charge in [0.15, 0.2) is 6.61 Å². The van der Waals surface area contributed by atoms with Crippen LogP contribution in [0.5, 0.6) is 5.75 Å². The number of nitrogens with one attached hydrogen (secondary N) is 2. The quantitative estimate of drug-likeness (QED) is 0.0557. The van der Waals surface area contributed by atoms with Crippen molar-refractivity contribution in [3.05, 3.63) is 29.3 Å². The van der Waals surface area contributed by atoms with Crippen molar-refractivity contribution in [1.29, 1.82) is 0 Å². The molecule has 4 N–H and O–H groups in total. The Kier molecular flexibility index (Phi) is 23.1. The Bertz CT molecular complexity index is 1290. The van der Waals surface area contributed by atoms with Crippen molar-refractivity contribution in [3.63, 3.8) is 0 Å². The Morgan fingerprint density at radius 3 is 1.59 bits per heavy atom. The Morgan fingerprint density at radius 1 is 0.667 bits per heavy atom. The van der Waals surface area contributed by atoms with Gasteiger partial charge in [-0.2, -0.15) is 0 Å². The van der Waals surface area contributed by atoms with Crippen LogP contribution in [-0.2, 0) is 57.0 Å². The molecule has 0 aromatic heterocycles. The highest BCUT2D eigenvalue weighted by molar-refractivity contribution is 6.24. The maximum atomic E-state index is 13.1. The Labute approximate surface area is 314 Å². The van der Waals surface area contributed by atoms with Gasteiger partial charge in [0.05, 0.1) is 130 Å². The van der Waals surface area contributed by atoms with Gasteiger partial charge in [-0.05, 0) is 18.6 Å². The first-order chi connectivity index (χ1) is 26.4. The number of carbonyl (C=O) groups excluding carboxylic acids is 5. The van der Waals surface area contributed by atoms with Gasteiger partial charge in [0.25, 0.3) is 17.7 Å². The molecule has 1 atom stereocenters. The fraction of sp³-hybridized carbons (Fsp3) is 0.686. The molecule has 54 heavy (non-hydrogen) atoms. The van der Waals surface area contributed by atoms with Gasteiger partial charge in [-0.3, -0.25) is 34.2 Å². The van der Waals surface area contributed by atoms with E-state index in [1.54, 1.807) is 0 Å². The minimum Gasteiger partial charge on any atom is -0.483 e. The molecule has 1 saturated heterocycles. The summed E-state index contributed by atoms with van der Waals surface area (Å²) in [4.78, 5) is 63.0. The minimum atomic E-state index is -1.10. The summed E-state index contributed by atoms with van der Waals surface area (Å²) in [6.45, 7) is 8.36. The molecule has 0 bridgehead atoms. The molecule has 5 amide bonds. The highest BCUT2D eigenvalue weighted by Crippen LogP contribution is 2.33. The van der Waals surface area contributed by atoms with Gasteiger partial charge < -0.3 is 58.4 Å². The van der Waals surface area contributed by atoms with Crippen LogP contribution in [0.15, 0.2) is 18.2 Å². The SMILES string of the molecule is NCCOCCOCCOCCOCCOCCOCCOCCOCCOCCNC(=O)COc1cccc2c1C(=O)N(C1CCC(=O)NC1=O)C2=O. The van der Waals surface area contributed by atoms with Gasteiger partial charge in [-0.25, -0.2) is 0 Å². The topological polar surface area (TPSA) is 231 Å². The van der Waals surface area contributed by atoms with Crippen molar-refractivity contribution in [2.24, 2.45) is 5.73 Å². The number of piperidine rings is 1. The van der Waals surface area contributed by atoms with E-state index in [0.29, 0.717) is 119 Å². The molecule has 304 valence electrons. The molecule has 0 radical (unpaired) electrons. The number of imide groups is 2. The molecule has 0 spiro atoms. The lowest BCUT2D eigenvalue weighted by Crippen LogP contribution is -2.54. The van der Waals surface area contributed by atoms with Crippen LogP contribution in [-0.4, -0.2) is 179 Å². The fourth-order valence-corrected chi connectivity index (χ4v) is 5.01. The predicted octanol–water partition coefficient (Wildman–Crippen LogP) is -1.31. The monoisotopic (exact) mass is 770 g/mol. The van der Waals surface area contributed by atoms with Crippen LogP contribution >= 0.6 is 0 Å².